The summed E-state index contributed by atoms with van der Waals surface area (Å²) in [7, 11) is 0. The zero-order valence-electron chi connectivity index (χ0n) is 16.8. The Kier molecular flexibility index (Phi) is 8.52. The van der Waals surface area contributed by atoms with E-state index in [0.717, 1.165) is 17.5 Å². The SMILES string of the molecule is CCCC(=O)N(Cc1ccc(Cl)cc1)[C@@H](C(=O)NCC(C)C)c1ccccc1. The van der Waals surface area contributed by atoms with Crippen molar-refractivity contribution in [3.05, 3.63) is 70.7 Å². The molecule has 2 amide bonds. The molecule has 0 saturated carbocycles. The van der Waals surface area contributed by atoms with Gasteiger partial charge in [0, 0.05) is 24.5 Å². The predicted molar refractivity (Wildman–Crippen MR) is 114 cm³/mol. The lowest BCUT2D eigenvalue weighted by molar-refractivity contribution is -0.141. The first-order valence-electron chi connectivity index (χ1n) is 9.79. The molecule has 28 heavy (non-hydrogen) atoms. The number of halogens is 1. The van der Waals surface area contributed by atoms with E-state index >= 15 is 0 Å². The molecule has 4 nitrogen and oxygen atoms in total. The molecule has 0 heterocycles. The first kappa shape index (κ1) is 22.0. The van der Waals surface area contributed by atoms with Gasteiger partial charge in [-0.2, -0.15) is 0 Å². The van der Waals surface area contributed by atoms with Crippen molar-refractivity contribution in [3.63, 3.8) is 0 Å². The van der Waals surface area contributed by atoms with Crippen LogP contribution in [0.25, 0.3) is 0 Å². The van der Waals surface area contributed by atoms with Crippen molar-refractivity contribution in [2.75, 3.05) is 6.54 Å². The Morgan fingerprint density at radius 2 is 1.68 bits per heavy atom. The molecule has 2 rings (SSSR count). The minimum Gasteiger partial charge on any atom is -0.354 e. The van der Waals surface area contributed by atoms with Crippen molar-refractivity contribution in [1.82, 2.24) is 10.2 Å². The standard InChI is InChI=1S/C23H29ClN2O2/c1-4-8-21(27)26(16-18-11-13-20(24)14-12-18)22(19-9-6-5-7-10-19)23(28)25-15-17(2)3/h5-7,9-14,17,22H,4,8,15-16H2,1-3H3,(H,25,28)/t22-/m1/s1. The predicted octanol–water partition coefficient (Wildman–Crippen LogP) is 4.98. The van der Waals surface area contributed by atoms with Gasteiger partial charge in [-0.25, -0.2) is 0 Å². The average Bonchev–Trinajstić information content (AvgIpc) is 2.68. The number of nitrogens with one attached hydrogen (secondary N) is 1. The molecular weight excluding hydrogens is 372 g/mol. The fourth-order valence-corrected chi connectivity index (χ4v) is 3.10. The molecule has 0 aromatic heterocycles. The second-order valence-corrected chi connectivity index (χ2v) is 7.79. The summed E-state index contributed by atoms with van der Waals surface area (Å²) in [5.74, 6) is 0.140. The van der Waals surface area contributed by atoms with Crippen LogP contribution in [-0.2, 0) is 16.1 Å². The largest absolute Gasteiger partial charge is 0.354 e. The van der Waals surface area contributed by atoms with Gasteiger partial charge < -0.3 is 10.2 Å². The molecule has 0 aliphatic carbocycles. The van der Waals surface area contributed by atoms with Crippen LogP contribution in [0, 0.1) is 5.92 Å². The van der Waals surface area contributed by atoms with Gasteiger partial charge in [-0.05, 0) is 35.6 Å². The van der Waals surface area contributed by atoms with Crippen LogP contribution in [0.15, 0.2) is 54.6 Å². The average molecular weight is 401 g/mol. The summed E-state index contributed by atoms with van der Waals surface area (Å²) in [5, 5.41) is 3.64. The van der Waals surface area contributed by atoms with E-state index in [4.69, 9.17) is 11.6 Å². The molecule has 1 N–H and O–H groups in total. The number of nitrogens with zero attached hydrogens (tertiary/aromatic N) is 1. The third-order valence-electron chi connectivity index (χ3n) is 4.41. The van der Waals surface area contributed by atoms with Gasteiger partial charge in [0.1, 0.15) is 6.04 Å². The number of rotatable bonds is 9. The summed E-state index contributed by atoms with van der Waals surface area (Å²) in [6.07, 6.45) is 1.12. The molecular formula is C23H29ClN2O2. The second-order valence-electron chi connectivity index (χ2n) is 7.35. The van der Waals surface area contributed by atoms with Crippen molar-refractivity contribution in [2.45, 2.75) is 46.2 Å². The molecule has 0 aliphatic rings. The highest BCUT2D eigenvalue weighted by molar-refractivity contribution is 6.30. The van der Waals surface area contributed by atoms with E-state index in [1.807, 2.05) is 63.2 Å². The topological polar surface area (TPSA) is 49.4 Å². The fourth-order valence-electron chi connectivity index (χ4n) is 2.98. The van der Waals surface area contributed by atoms with Crippen molar-refractivity contribution in [3.8, 4) is 0 Å². The summed E-state index contributed by atoms with van der Waals surface area (Å²) in [5.41, 5.74) is 1.74. The Morgan fingerprint density at radius 1 is 1.04 bits per heavy atom. The molecule has 0 aliphatic heterocycles. The van der Waals surface area contributed by atoms with E-state index in [2.05, 4.69) is 5.32 Å². The summed E-state index contributed by atoms with van der Waals surface area (Å²) in [6, 6.07) is 16.2. The van der Waals surface area contributed by atoms with Crippen LogP contribution in [0.1, 0.15) is 50.8 Å². The Balaban J connectivity index is 2.39. The quantitative estimate of drug-likeness (QED) is 0.645. The molecule has 0 spiro atoms. The minimum absolute atomic E-state index is 0.0361. The van der Waals surface area contributed by atoms with Gasteiger partial charge >= 0.3 is 0 Å². The molecule has 0 bridgehead atoms. The highest BCUT2D eigenvalue weighted by Gasteiger charge is 2.31. The second kappa shape index (κ2) is 10.9. The first-order chi connectivity index (χ1) is 13.4. The Bertz CT molecular complexity index is 760. The lowest BCUT2D eigenvalue weighted by atomic mass is 10.0. The van der Waals surface area contributed by atoms with Gasteiger partial charge in [0.2, 0.25) is 11.8 Å². The van der Waals surface area contributed by atoms with E-state index in [9.17, 15) is 9.59 Å². The molecule has 0 radical (unpaired) electrons. The molecule has 0 unspecified atom stereocenters. The molecule has 1 atom stereocenters. The van der Waals surface area contributed by atoms with Crippen LogP contribution in [0.4, 0.5) is 0 Å². The molecule has 0 saturated heterocycles. The van der Waals surface area contributed by atoms with Crippen LogP contribution in [0.5, 0.6) is 0 Å². The molecule has 5 heteroatoms. The summed E-state index contributed by atoms with van der Waals surface area (Å²) >= 11 is 6.00. The smallest absolute Gasteiger partial charge is 0.247 e. The van der Waals surface area contributed by atoms with E-state index in [0.29, 0.717) is 30.5 Å². The van der Waals surface area contributed by atoms with E-state index in [1.165, 1.54) is 0 Å². The Morgan fingerprint density at radius 3 is 2.25 bits per heavy atom. The summed E-state index contributed by atoms with van der Waals surface area (Å²) in [4.78, 5) is 27.8. The van der Waals surface area contributed by atoms with Crippen LogP contribution in [-0.4, -0.2) is 23.3 Å². The Hall–Kier alpha value is -2.33. The number of carbonyl (C=O) groups is 2. The fraction of sp³-hybridized carbons (Fsp3) is 0.391. The monoisotopic (exact) mass is 400 g/mol. The number of carbonyl (C=O) groups excluding carboxylic acids is 2. The zero-order valence-corrected chi connectivity index (χ0v) is 17.6. The summed E-state index contributed by atoms with van der Waals surface area (Å²) in [6.45, 7) is 6.98. The highest BCUT2D eigenvalue weighted by atomic mass is 35.5. The molecule has 150 valence electrons. The van der Waals surface area contributed by atoms with Crippen LogP contribution < -0.4 is 5.32 Å². The van der Waals surface area contributed by atoms with Gasteiger partial charge in [-0.3, -0.25) is 9.59 Å². The third-order valence-corrected chi connectivity index (χ3v) is 4.66. The maximum absolute atomic E-state index is 13.1. The van der Waals surface area contributed by atoms with Crippen molar-refractivity contribution >= 4 is 23.4 Å². The number of amides is 2. The number of benzene rings is 2. The maximum atomic E-state index is 13.1. The minimum atomic E-state index is -0.672. The van der Waals surface area contributed by atoms with Crippen LogP contribution in [0.2, 0.25) is 5.02 Å². The van der Waals surface area contributed by atoms with Crippen LogP contribution in [0.3, 0.4) is 0 Å². The molecule has 0 fully saturated rings. The maximum Gasteiger partial charge on any atom is 0.247 e. The van der Waals surface area contributed by atoms with E-state index < -0.39 is 6.04 Å². The Labute approximate surface area is 172 Å². The molecule has 2 aromatic carbocycles. The number of hydrogen-bond donors (Lipinski definition) is 1. The van der Waals surface area contributed by atoms with Gasteiger partial charge in [0.05, 0.1) is 0 Å². The van der Waals surface area contributed by atoms with Gasteiger partial charge in [0.25, 0.3) is 0 Å². The van der Waals surface area contributed by atoms with E-state index in [1.54, 1.807) is 17.0 Å². The zero-order chi connectivity index (χ0) is 20.5. The third kappa shape index (κ3) is 6.38. The normalized spacial score (nSPS) is 11.9. The first-order valence-corrected chi connectivity index (χ1v) is 10.2. The van der Waals surface area contributed by atoms with Crippen molar-refractivity contribution in [2.24, 2.45) is 5.92 Å². The lowest BCUT2D eigenvalue weighted by Crippen LogP contribution is -2.44. The van der Waals surface area contributed by atoms with Crippen LogP contribution >= 0.6 is 11.6 Å². The summed E-state index contributed by atoms with van der Waals surface area (Å²) < 4.78 is 0. The molecule has 2 aromatic rings. The number of hydrogen-bond acceptors (Lipinski definition) is 2. The highest BCUT2D eigenvalue weighted by Crippen LogP contribution is 2.25. The van der Waals surface area contributed by atoms with Crippen molar-refractivity contribution < 1.29 is 9.59 Å². The lowest BCUT2D eigenvalue weighted by Gasteiger charge is -2.32. The van der Waals surface area contributed by atoms with E-state index in [-0.39, 0.29) is 11.8 Å². The van der Waals surface area contributed by atoms with Gasteiger partial charge in [0.15, 0.2) is 0 Å². The van der Waals surface area contributed by atoms with Gasteiger partial charge in [-0.1, -0.05) is 74.8 Å². The van der Waals surface area contributed by atoms with Crippen molar-refractivity contribution in [1.29, 1.82) is 0 Å². The van der Waals surface area contributed by atoms with Gasteiger partial charge in [-0.15, -0.1) is 0 Å².